The molecule has 3 heterocycles. The summed E-state index contributed by atoms with van der Waals surface area (Å²) in [5.74, 6) is 2.79. The number of fused-ring (bicyclic) bond motifs is 1. The standard InChI is InChI=1S/C22H28N4O3/c1-14-11-18-21(17-5-6-19(27-3)20(12-17)28-4)15(2)25-26(18)22(24-14)23-13-16-7-9-29-10-8-16/h5-6,11-12,16H,7-10,13H2,1-4H3,(H,23,24). The highest BCUT2D eigenvalue weighted by Gasteiger charge is 2.19. The fourth-order valence-electron chi connectivity index (χ4n) is 3.93. The summed E-state index contributed by atoms with van der Waals surface area (Å²) in [6.45, 7) is 6.59. The molecule has 1 aromatic carbocycles. The van der Waals surface area contributed by atoms with Crippen LogP contribution in [-0.2, 0) is 4.74 Å². The number of nitrogens with zero attached hydrogens (tertiary/aromatic N) is 3. The van der Waals surface area contributed by atoms with Gasteiger partial charge >= 0.3 is 0 Å². The molecule has 0 spiro atoms. The van der Waals surface area contributed by atoms with Gasteiger partial charge in [-0.1, -0.05) is 6.07 Å². The van der Waals surface area contributed by atoms with Crippen molar-refractivity contribution >= 4 is 11.5 Å². The third-order valence-corrected chi connectivity index (χ3v) is 5.49. The van der Waals surface area contributed by atoms with E-state index in [0.717, 1.165) is 66.6 Å². The van der Waals surface area contributed by atoms with Crippen LogP contribution in [0.15, 0.2) is 24.3 Å². The Morgan fingerprint density at radius 3 is 2.59 bits per heavy atom. The molecule has 0 amide bonds. The summed E-state index contributed by atoms with van der Waals surface area (Å²) in [5, 5.41) is 8.31. The minimum Gasteiger partial charge on any atom is -0.493 e. The monoisotopic (exact) mass is 396 g/mol. The molecule has 1 N–H and O–H groups in total. The molecule has 1 aliphatic heterocycles. The van der Waals surface area contributed by atoms with Crippen molar-refractivity contribution in [2.45, 2.75) is 26.7 Å². The molecule has 0 aliphatic carbocycles. The predicted octanol–water partition coefficient (Wildman–Crippen LogP) is 3.87. The van der Waals surface area contributed by atoms with Gasteiger partial charge in [0.1, 0.15) is 0 Å². The number of anilines is 1. The first-order chi connectivity index (χ1) is 14.1. The second-order valence-electron chi connectivity index (χ2n) is 7.48. The molecule has 0 bridgehead atoms. The Kier molecular flexibility index (Phi) is 5.58. The Morgan fingerprint density at radius 2 is 1.86 bits per heavy atom. The summed E-state index contributed by atoms with van der Waals surface area (Å²) in [5.41, 5.74) is 5.03. The molecule has 3 aromatic rings. The van der Waals surface area contributed by atoms with Crippen LogP contribution in [0.25, 0.3) is 16.6 Å². The lowest BCUT2D eigenvalue weighted by molar-refractivity contribution is 0.0699. The zero-order valence-electron chi connectivity index (χ0n) is 17.5. The topological polar surface area (TPSA) is 69.9 Å². The minimum absolute atomic E-state index is 0.600. The van der Waals surface area contributed by atoms with Crippen LogP contribution in [0.3, 0.4) is 0 Å². The average Bonchev–Trinajstić information content (AvgIpc) is 3.07. The zero-order chi connectivity index (χ0) is 20.4. The highest BCUT2D eigenvalue weighted by atomic mass is 16.5. The molecule has 1 fully saturated rings. The van der Waals surface area contributed by atoms with E-state index < -0.39 is 0 Å². The number of hydrogen-bond donors (Lipinski definition) is 1. The highest BCUT2D eigenvalue weighted by Crippen LogP contribution is 2.36. The van der Waals surface area contributed by atoms with E-state index in [2.05, 4.69) is 11.4 Å². The third-order valence-electron chi connectivity index (χ3n) is 5.49. The zero-order valence-corrected chi connectivity index (χ0v) is 17.5. The highest BCUT2D eigenvalue weighted by molar-refractivity contribution is 5.84. The van der Waals surface area contributed by atoms with Crippen molar-refractivity contribution < 1.29 is 14.2 Å². The number of hydrogen-bond acceptors (Lipinski definition) is 6. The number of rotatable bonds is 6. The van der Waals surface area contributed by atoms with Crippen LogP contribution >= 0.6 is 0 Å². The van der Waals surface area contributed by atoms with Crippen LogP contribution < -0.4 is 14.8 Å². The summed E-state index contributed by atoms with van der Waals surface area (Å²) >= 11 is 0. The van der Waals surface area contributed by atoms with Gasteiger partial charge in [-0.15, -0.1) is 0 Å². The first-order valence-electron chi connectivity index (χ1n) is 10.0. The molecule has 0 saturated carbocycles. The number of aromatic nitrogens is 3. The number of nitrogens with one attached hydrogen (secondary N) is 1. The fourth-order valence-corrected chi connectivity index (χ4v) is 3.93. The van der Waals surface area contributed by atoms with E-state index in [9.17, 15) is 0 Å². The van der Waals surface area contributed by atoms with Gasteiger partial charge in [0.15, 0.2) is 11.5 Å². The molecule has 0 atom stereocenters. The Labute approximate surface area is 171 Å². The van der Waals surface area contributed by atoms with Gasteiger partial charge in [-0.2, -0.15) is 9.61 Å². The maximum atomic E-state index is 5.49. The number of benzene rings is 1. The van der Waals surface area contributed by atoms with Crippen molar-refractivity contribution in [3.63, 3.8) is 0 Å². The molecule has 7 nitrogen and oxygen atoms in total. The minimum atomic E-state index is 0.600. The Balaban J connectivity index is 1.72. The largest absolute Gasteiger partial charge is 0.493 e. The van der Waals surface area contributed by atoms with Gasteiger partial charge in [0.2, 0.25) is 5.95 Å². The summed E-state index contributed by atoms with van der Waals surface area (Å²) < 4.78 is 18.2. The number of aryl methyl sites for hydroxylation is 2. The molecule has 0 radical (unpaired) electrons. The van der Waals surface area contributed by atoms with E-state index in [1.807, 2.05) is 36.6 Å². The van der Waals surface area contributed by atoms with Crippen molar-refractivity contribution in [2.24, 2.45) is 5.92 Å². The lowest BCUT2D eigenvalue weighted by atomic mass is 10.0. The maximum Gasteiger partial charge on any atom is 0.224 e. The first-order valence-corrected chi connectivity index (χ1v) is 10.0. The SMILES string of the molecule is COc1ccc(-c2c(C)nn3c(NCC4CCOCC4)nc(C)cc23)cc1OC. The molecule has 4 rings (SSSR count). The summed E-state index contributed by atoms with van der Waals surface area (Å²) in [7, 11) is 3.29. The van der Waals surface area contributed by atoms with E-state index in [-0.39, 0.29) is 0 Å². The van der Waals surface area contributed by atoms with Gasteiger partial charge in [-0.25, -0.2) is 4.98 Å². The Bertz CT molecular complexity index is 1010. The van der Waals surface area contributed by atoms with Gasteiger partial charge in [-0.3, -0.25) is 0 Å². The lowest BCUT2D eigenvalue weighted by Gasteiger charge is -2.22. The van der Waals surface area contributed by atoms with Crippen molar-refractivity contribution in [3.05, 3.63) is 35.7 Å². The smallest absolute Gasteiger partial charge is 0.224 e. The summed E-state index contributed by atoms with van der Waals surface area (Å²) in [6, 6.07) is 8.03. The second kappa shape index (κ2) is 8.29. The molecule has 154 valence electrons. The lowest BCUT2D eigenvalue weighted by Crippen LogP contribution is -2.24. The van der Waals surface area contributed by atoms with Crippen LogP contribution in [0.5, 0.6) is 11.5 Å². The quantitative estimate of drug-likeness (QED) is 0.682. The van der Waals surface area contributed by atoms with Crippen LogP contribution in [0.4, 0.5) is 5.95 Å². The van der Waals surface area contributed by atoms with Crippen LogP contribution in [-0.4, -0.2) is 48.6 Å². The van der Waals surface area contributed by atoms with Crippen molar-refractivity contribution in [3.8, 4) is 22.6 Å². The molecule has 0 unspecified atom stereocenters. The Hall–Kier alpha value is -2.80. The van der Waals surface area contributed by atoms with Crippen LogP contribution in [0.1, 0.15) is 24.2 Å². The fraction of sp³-hybridized carbons (Fsp3) is 0.455. The van der Waals surface area contributed by atoms with E-state index in [0.29, 0.717) is 17.4 Å². The maximum absolute atomic E-state index is 5.49. The predicted molar refractivity (Wildman–Crippen MR) is 113 cm³/mol. The second-order valence-corrected chi connectivity index (χ2v) is 7.48. The summed E-state index contributed by atoms with van der Waals surface area (Å²) in [6.07, 6.45) is 2.16. The Morgan fingerprint density at radius 1 is 1.10 bits per heavy atom. The van der Waals surface area contributed by atoms with Crippen molar-refractivity contribution in [1.82, 2.24) is 14.6 Å². The van der Waals surface area contributed by atoms with Gasteiger partial charge in [0.25, 0.3) is 0 Å². The third kappa shape index (κ3) is 3.87. The molecule has 1 saturated heterocycles. The molecule has 29 heavy (non-hydrogen) atoms. The first kappa shape index (κ1) is 19.5. The molecular weight excluding hydrogens is 368 g/mol. The van der Waals surface area contributed by atoms with E-state index in [1.54, 1.807) is 14.2 Å². The van der Waals surface area contributed by atoms with Gasteiger partial charge in [-0.05, 0) is 56.4 Å². The number of methoxy groups -OCH3 is 2. The normalized spacial score (nSPS) is 14.9. The van der Waals surface area contributed by atoms with E-state index >= 15 is 0 Å². The number of ether oxygens (including phenoxy) is 3. The summed E-state index contributed by atoms with van der Waals surface area (Å²) in [4.78, 5) is 4.71. The molecule has 2 aromatic heterocycles. The van der Waals surface area contributed by atoms with Gasteiger partial charge in [0.05, 0.1) is 25.4 Å². The molecule has 7 heteroatoms. The van der Waals surface area contributed by atoms with Crippen LogP contribution in [0.2, 0.25) is 0 Å². The molecule has 1 aliphatic rings. The van der Waals surface area contributed by atoms with Gasteiger partial charge < -0.3 is 19.5 Å². The van der Waals surface area contributed by atoms with Crippen LogP contribution in [0, 0.1) is 19.8 Å². The van der Waals surface area contributed by atoms with Gasteiger partial charge in [0, 0.05) is 31.0 Å². The van der Waals surface area contributed by atoms with Crippen molar-refractivity contribution in [1.29, 1.82) is 0 Å². The molecular formula is C22H28N4O3. The van der Waals surface area contributed by atoms with Crippen molar-refractivity contribution in [2.75, 3.05) is 39.3 Å². The average molecular weight is 396 g/mol. The van der Waals surface area contributed by atoms with E-state index in [1.165, 1.54) is 0 Å². The van der Waals surface area contributed by atoms with E-state index in [4.69, 9.17) is 24.3 Å².